The van der Waals surface area contributed by atoms with E-state index < -0.39 is 29.7 Å². The van der Waals surface area contributed by atoms with Crippen molar-refractivity contribution in [1.29, 1.82) is 0 Å². The van der Waals surface area contributed by atoms with Crippen LogP contribution >= 0.6 is 0 Å². The van der Waals surface area contributed by atoms with Gasteiger partial charge in [0.2, 0.25) is 5.79 Å². The van der Waals surface area contributed by atoms with Crippen LogP contribution in [0.5, 0.6) is 11.5 Å². The van der Waals surface area contributed by atoms with Crippen molar-refractivity contribution in [3.63, 3.8) is 0 Å². The summed E-state index contributed by atoms with van der Waals surface area (Å²) in [5.41, 5.74) is 4.85. The van der Waals surface area contributed by atoms with E-state index in [0.29, 0.717) is 36.5 Å². The number of unbranched alkanes of at least 4 members (excludes halogenated alkanes) is 2. The summed E-state index contributed by atoms with van der Waals surface area (Å²) in [6.45, 7) is 4.87. The maximum Gasteiger partial charge on any atom is 0.410 e. The Morgan fingerprint density at radius 2 is 1.57 bits per heavy atom. The molecule has 1 amide bonds. The predicted octanol–water partition coefficient (Wildman–Crippen LogP) is 9.22. The molecule has 2 aliphatic carbocycles. The number of aliphatic hydroxyl groups excluding tert-OH is 2. The summed E-state index contributed by atoms with van der Waals surface area (Å²) in [4.78, 5) is 22.6. The molecule has 11 nitrogen and oxygen atoms in total. The van der Waals surface area contributed by atoms with Crippen LogP contribution in [0.25, 0.3) is 0 Å². The standard InChI is InChI=1S/C51H59FN2O9/c1-2-27-61-51-47(54(33-36-19-21-40(52)22-20-36)50(58)60-29-28-59-34-37-13-5-3-6-14-37)32-45(53-62-35-38-15-7-4-8-16-38)43-30-39(17-9-11-25-55)42(18-10-12-26-56)48(49(43)51)44-31-41(57)23-24-46(44)63-51/h2-8,13-16,19-24,30-31,39,42,47-49,55-57H,1,9-12,17-18,25-29,32-35H2/t39-,42+,47-,48+,49+,51+/m0/s1. The Hall–Kier alpha value is -5.53. The number of halogens is 1. The number of oxime groups is 1. The van der Waals surface area contributed by atoms with E-state index in [0.717, 1.165) is 47.9 Å². The normalized spacial score (nSPS) is 22.9. The molecule has 12 heteroatoms. The van der Waals surface area contributed by atoms with Gasteiger partial charge < -0.3 is 39.1 Å². The fourth-order valence-corrected chi connectivity index (χ4v) is 9.54. The van der Waals surface area contributed by atoms with Gasteiger partial charge in [0.15, 0.2) is 0 Å². The molecule has 6 atom stereocenters. The zero-order valence-electron chi connectivity index (χ0n) is 35.7. The van der Waals surface area contributed by atoms with E-state index in [1.807, 2.05) is 60.7 Å². The molecule has 0 spiro atoms. The lowest BCUT2D eigenvalue weighted by Gasteiger charge is -2.59. The van der Waals surface area contributed by atoms with Gasteiger partial charge in [-0.25, -0.2) is 9.18 Å². The molecule has 0 unspecified atom stereocenters. The SMILES string of the molecule is C=CCO[C@@]12Oc3ccc(O)cc3[C@H]3[C@H](CCCCO)[C@@H](CCCCO)C=C(C(=NOCc4ccccc4)C[C@@H]1N(Cc1ccc(F)cc1)C(=O)OCCOCc1ccccc1)[C@H]32. The van der Waals surface area contributed by atoms with Crippen molar-refractivity contribution in [2.45, 2.75) is 82.5 Å². The largest absolute Gasteiger partial charge is 0.508 e. The molecule has 1 aliphatic heterocycles. The minimum atomic E-state index is -1.55. The van der Waals surface area contributed by atoms with E-state index in [4.69, 9.17) is 28.9 Å². The molecule has 4 aromatic carbocycles. The van der Waals surface area contributed by atoms with Gasteiger partial charge in [-0.05, 0) is 90.1 Å². The molecule has 0 bridgehead atoms. The molecule has 0 radical (unpaired) electrons. The molecule has 3 aliphatic rings. The molecular weight excluding hydrogens is 804 g/mol. The van der Waals surface area contributed by atoms with Crippen molar-refractivity contribution in [1.82, 2.24) is 4.90 Å². The minimum absolute atomic E-state index is 0.0119. The minimum Gasteiger partial charge on any atom is -0.508 e. The Morgan fingerprint density at radius 3 is 2.27 bits per heavy atom. The topological polar surface area (TPSA) is 140 Å². The van der Waals surface area contributed by atoms with Gasteiger partial charge in [0.1, 0.15) is 36.6 Å². The summed E-state index contributed by atoms with van der Waals surface area (Å²) in [5.74, 6) is -2.28. The van der Waals surface area contributed by atoms with Crippen LogP contribution in [0.4, 0.5) is 9.18 Å². The van der Waals surface area contributed by atoms with E-state index in [-0.39, 0.29) is 76.1 Å². The highest BCUT2D eigenvalue weighted by Crippen LogP contribution is 2.62. The Kier molecular flexibility index (Phi) is 16.0. The van der Waals surface area contributed by atoms with Crippen LogP contribution in [-0.4, -0.2) is 76.9 Å². The van der Waals surface area contributed by atoms with Crippen molar-refractivity contribution in [2.75, 3.05) is 33.0 Å². The van der Waals surface area contributed by atoms with Crippen LogP contribution in [0.15, 0.2) is 133 Å². The van der Waals surface area contributed by atoms with E-state index in [9.17, 15) is 24.5 Å². The van der Waals surface area contributed by atoms with Gasteiger partial charge in [-0.1, -0.05) is 103 Å². The van der Waals surface area contributed by atoms with Crippen LogP contribution in [0, 0.1) is 23.6 Å². The third kappa shape index (κ3) is 11.0. The van der Waals surface area contributed by atoms with Gasteiger partial charge in [-0.2, -0.15) is 0 Å². The fourth-order valence-electron chi connectivity index (χ4n) is 9.54. The predicted molar refractivity (Wildman–Crippen MR) is 237 cm³/mol. The van der Waals surface area contributed by atoms with Crippen molar-refractivity contribution < 1.29 is 48.3 Å². The number of aliphatic hydroxyl groups is 2. The van der Waals surface area contributed by atoms with Crippen molar-refractivity contribution in [3.8, 4) is 11.5 Å². The molecule has 63 heavy (non-hydrogen) atoms. The number of nitrogens with zero attached hydrogens (tertiary/aromatic N) is 2. The number of phenolic OH excluding ortho intramolecular Hbond substituents is 1. The fraction of sp³-hybridized carbons (Fsp3) is 0.412. The molecule has 0 saturated heterocycles. The monoisotopic (exact) mass is 862 g/mol. The maximum absolute atomic E-state index is 14.8. The van der Waals surface area contributed by atoms with Crippen LogP contribution in [0.2, 0.25) is 0 Å². The number of hydrogen-bond acceptors (Lipinski definition) is 10. The number of allylic oxidation sites excluding steroid dienone is 1. The Bertz CT molecular complexity index is 2150. The summed E-state index contributed by atoms with van der Waals surface area (Å²) in [5, 5.41) is 35.7. The summed E-state index contributed by atoms with van der Waals surface area (Å²) < 4.78 is 40.5. The average Bonchev–Trinajstić information content (AvgIpc) is 3.30. The zero-order chi connectivity index (χ0) is 44.0. The number of hydrogen-bond donors (Lipinski definition) is 3. The molecule has 4 aromatic rings. The van der Waals surface area contributed by atoms with E-state index in [2.05, 4.69) is 12.7 Å². The molecule has 1 saturated carbocycles. The number of phenols is 1. The lowest BCUT2D eigenvalue weighted by molar-refractivity contribution is -0.256. The van der Waals surface area contributed by atoms with Gasteiger partial charge in [-0.3, -0.25) is 4.90 Å². The van der Waals surface area contributed by atoms with Gasteiger partial charge in [0.25, 0.3) is 0 Å². The molecule has 0 aromatic heterocycles. The summed E-state index contributed by atoms with van der Waals surface area (Å²) in [7, 11) is 0. The maximum atomic E-state index is 14.8. The first-order valence-corrected chi connectivity index (χ1v) is 22.1. The Morgan fingerprint density at radius 1 is 0.873 bits per heavy atom. The molecule has 3 N–H and O–H groups in total. The number of aromatic hydroxyl groups is 1. The first-order chi connectivity index (χ1) is 30.8. The number of benzene rings is 4. The molecule has 1 heterocycles. The van der Waals surface area contributed by atoms with Crippen LogP contribution < -0.4 is 4.74 Å². The Labute approximate surface area is 369 Å². The Balaban J connectivity index is 1.36. The second-order valence-corrected chi connectivity index (χ2v) is 16.5. The van der Waals surface area contributed by atoms with E-state index in [1.54, 1.807) is 41.3 Å². The van der Waals surface area contributed by atoms with Gasteiger partial charge in [0, 0.05) is 37.7 Å². The van der Waals surface area contributed by atoms with Crippen LogP contribution in [-0.2, 0) is 38.8 Å². The number of rotatable bonds is 22. The lowest BCUT2D eigenvalue weighted by atomic mass is 9.55. The van der Waals surface area contributed by atoms with Crippen LogP contribution in [0.1, 0.15) is 73.1 Å². The summed E-state index contributed by atoms with van der Waals surface area (Å²) in [6, 6.07) is 29.7. The summed E-state index contributed by atoms with van der Waals surface area (Å²) in [6.07, 6.45) is 7.71. The number of ether oxygens (including phenoxy) is 4. The van der Waals surface area contributed by atoms with Crippen molar-refractivity contribution >= 4 is 11.8 Å². The number of carbonyl (C=O) groups is 1. The van der Waals surface area contributed by atoms with Gasteiger partial charge >= 0.3 is 6.09 Å². The zero-order valence-corrected chi connectivity index (χ0v) is 35.7. The first-order valence-electron chi connectivity index (χ1n) is 22.1. The average molecular weight is 863 g/mol. The number of amides is 1. The highest BCUT2D eigenvalue weighted by Gasteiger charge is 2.65. The van der Waals surface area contributed by atoms with Crippen molar-refractivity contribution in [2.24, 2.45) is 22.9 Å². The van der Waals surface area contributed by atoms with E-state index >= 15 is 0 Å². The first kappa shape index (κ1) is 45.5. The highest BCUT2D eigenvalue weighted by atomic mass is 19.1. The second kappa shape index (κ2) is 22.2. The molecular formula is C51H59FN2O9. The molecule has 7 rings (SSSR count). The van der Waals surface area contributed by atoms with Gasteiger partial charge in [0.05, 0.1) is 31.5 Å². The smallest absolute Gasteiger partial charge is 0.410 e. The third-order valence-corrected chi connectivity index (χ3v) is 12.3. The lowest BCUT2D eigenvalue weighted by Crippen LogP contribution is -2.70. The van der Waals surface area contributed by atoms with Gasteiger partial charge in [-0.15, -0.1) is 6.58 Å². The highest BCUT2D eigenvalue weighted by molar-refractivity contribution is 6.03. The number of fused-ring (bicyclic) bond motifs is 2. The van der Waals surface area contributed by atoms with Crippen LogP contribution in [0.3, 0.4) is 0 Å². The quantitative estimate of drug-likeness (QED) is 0.0401. The molecule has 334 valence electrons. The molecule has 1 fully saturated rings. The van der Waals surface area contributed by atoms with Crippen molar-refractivity contribution in [3.05, 3.63) is 156 Å². The second-order valence-electron chi connectivity index (χ2n) is 16.5. The number of carbonyl (C=O) groups excluding carboxylic acids is 1. The van der Waals surface area contributed by atoms with E-state index in [1.165, 1.54) is 12.1 Å². The summed E-state index contributed by atoms with van der Waals surface area (Å²) >= 11 is 0. The third-order valence-electron chi connectivity index (χ3n) is 12.3.